The maximum atomic E-state index is 2.41. The predicted molar refractivity (Wildman–Crippen MR) is 78.5 cm³/mol. The number of rotatable bonds is 2. The lowest BCUT2D eigenvalue weighted by molar-refractivity contribution is -0.00282. The molecular formula is C18H32. The van der Waals surface area contributed by atoms with E-state index < -0.39 is 0 Å². The smallest absolute Gasteiger partial charge is 0.0355 e. The van der Waals surface area contributed by atoms with Crippen LogP contribution in [0.5, 0.6) is 0 Å². The zero-order valence-corrected chi connectivity index (χ0v) is 12.5. The van der Waals surface area contributed by atoms with Crippen LogP contribution >= 0.6 is 0 Å². The van der Waals surface area contributed by atoms with Crippen molar-refractivity contribution in [2.45, 2.75) is 78.1 Å². The molecule has 0 N–H and O–H groups in total. The molecule has 0 aromatic heterocycles. The van der Waals surface area contributed by atoms with Gasteiger partial charge in [0.05, 0.1) is 0 Å². The lowest BCUT2D eigenvalue weighted by Crippen LogP contribution is -2.41. The normalized spacial score (nSPS) is 48.3. The summed E-state index contributed by atoms with van der Waals surface area (Å²) in [6.07, 6.45) is 15.5. The van der Waals surface area contributed by atoms with E-state index in [4.69, 9.17) is 0 Å². The molecule has 3 fully saturated rings. The van der Waals surface area contributed by atoms with Gasteiger partial charge in [0.1, 0.15) is 0 Å². The van der Waals surface area contributed by atoms with E-state index in [1.54, 1.807) is 51.4 Å². The summed E-state index contributed by atoms with van der Waals surface area (Å²) < 4.78 is 0. The first-order valence-corrected chi connectivity index (χ1v) is 8.81. The molecule has 0 heteroatoms. The van der Waals surface area contributed by atoms with Crippen molar-refractivity contribution < 1.29 is 0 Å². The first-order valence-electron chi connectivity index (χ1n) is 8.81. The van der Waals surface area contributed by atoms with Gasteiger partial charge in [-0.25, -0.2) is 0 Å². The van der Waals surface area contributed by atoms with Crippen LogP contribution in [-0.4, -0.2) is 0 Å². The highest BCUT2D eigenvalue weighted by Gasteiger charge is 2.43. The summed E-state index contributed by atoms with van der Waals surface area (Å²) >= 11 is 0. The first kappa shape index (κ1) is 13.0. The molecule has 3 rings (SSSR count). The summed E-state index contributed by atoms with van der Waals surface area (Å²) in [5.74, 6) is 6.70. The lowest BCUT2D eigenvalue weighted by atomic mass is 9.55. The van der Waals surface area contributed by atoms with Crippen LogP contribution in [0.2, 0.25) is 0 Å². The number of fused-ring (bicyclic) bond motifs is 3. The second-order valence-corrected chi connectivity index (χ2v) is 7.60. The quantitative estimate of drug-likeness (QED) is 0.591. The SMILES string of the molecule is CC[C@@H]1CCC2C(CCC3C[C@H](CC)CCC32)C1. The van der Waals surface area contributed by atoms with Gasteiger partial charge in [-0.1, -0.05) is 39.5 Å². The van der Waals surface area contributed by atoms with E-state index in [9.17, 15) is 0 Å². The Balaban J connectivity index is 1.64. The molecule has 3 saturated carbocycles. The van der Waals surface area contributed by atoms with Gasteiger partial charge in [-0.3, -0.25) is 0 Å². The van der Waals surface area contributed by atoms with Gasteiger partial charge < -0.3 is 0 Å². The van der Waals surface area contributed by atoms with Gasteiger partial charge in [-0.2, -0.15) is 0 Å². The van der Waals surface area contributed by atoms with E-state index in [1.165, 1.54) is 12.8 Å². The summed E-state index contributed by atoms with van der Waals surface area (Å²) in [6.45, 7) is 4.81. The van der Waals surface area contributed by atoms with E-state index in [0.717, 1.165) is 35.5 Å². The molecule has 0 spiro atoms. The summed E-state index contributed by atoms with van der Waals surface area (Å²) in [7, 11) is 0. The highest BCUT2D eigenvalue weighted by atomic mass is 14.5. The molecule has 0 radical (unpaired) electrons. The fraction of sp³-hybridized carbons (Fsp3) is 1.00. The Bertz CT molecular complexity index is 241. The maximum Gasteiger partial charge on any atom is -0.0355 e. The van der Waals surface area contributed by atoms with Crippen LogP contribution in [0.25, 0.3) is 0 Å². The maximum absolute atomic E-state index is 2.41. The molecule has 0 nitrogen and oxygen atoms in total. The minimum Gasteiger partial charge on any atom is -0.0651 e. The minimum absolute atomic E-state index is 1.08. The van der Waals surface area contributed by atoms with Gasteiger partial charge >= 0.3 is 0 Å². The van der Waals surface area contributed by atoms with E-state index in [2.05, 4.69) is 13.8 Å². The molecule has 4 unspecified atom stereocenters. The van der Waals surface area contributed by atoms with Gasteiger partial charge in [0.2, 0.25) is 0 Å². The topological polar surface area (TPSA) is 0 Å². The van der Waals surface area contributed by atoms with E-state index >= 15 is 0 Å². The average Bonchev–Trinajstić information content (AvgIpc) is 2.45. The molecule has 0 amide bonds. The van der Waals surface area contributed by atoms with Crippen molar-refractivity contribution >= 4 is 0 Å². The molecule has 18 heavy (non-hydrogen) atoms. The van der Waals surface area contributed by atoms with Gasteiger partial charge in [0.15, 0.2) is 0 Å². The zero-order chi connectivity index (χ0) is 12.5. The Kier molecular flexibility index (Phi) is 4.01. The van der Waals surface area contributed by atoms with E-state index in [-0.39, 0.29) is 0 Å². The van der Waals surface area contributed by atoms with Crippen molar-refractivity contribution in [1.29, 1.82) is 0 Å². The average molecular weight is 248 g/mol. The van der Waals surface area contributed by atoms with Crippen molar-refractivity contribution in [3.63, 3.8) is 0 Å². The second-order valence-electron chi connectivity index (χ2n) is 7.60. The Morgan fingerprint density at radius 3 is 1.44 bits per heavy atom. The van der Waals surface area contributed by atoms with Gasteiger partial charge in [0.25, 0.3) is 0 Å². The zero-order valence-electron chi connectivity index (χ0n) is 12.5. The number of hydrogen-bond acceptors (Lipinski definition) is 0. The largest absolute Gasteiger partial charge is 0.0651 e. The Labute approximate surface area is 114 Å². The van der Waals surface area contributed by atoms with Crippen LogP contribution in [0.15, 0.2) is 0 Å². The summed E-state index contributed by atoms with van der Waals surface area (Å²) in [6, 6.07) is 0. The molecular weight excluding hydrogens is 216 g/mol. The minimum atomic E-state index is 1.08. The van der Waals surface area contributed by atoms with Crippen LogP contribution in [0, 0.1) is 35.5 Å². The monoisotopic (exact) mass is 248 g/mol. The van der Waals surface area contributed by atoms with Gasteiger partial charge in [-0.05, 0) is 74.0 Å². The molecule has 6 atom stereocenters. The summed E-state index contributed by atoms with van der Waals surface area (Å²) in [5, 5.41) is 0. The van der Waals surface area contributed by atoms with Crippen molar-refractivity contribution in [1.82, 2.24) is 0 Å². The third-order valence-corrected chi connectivity index (χ3v) is 6.91. The van der Waals surface area contributed by atoms with E-state index in [1.807, 2.05) is 0 Å². The molecule has 0 aromatic carbocycles. The molecule has 3 aliphatic rings. The summed E-state index contributed by atoms with van der Waals surface area (Å²) in [5.41, 5.74) is 0. The van der Waals surface area contributed by atoms with Crippen molar-refractivity contribution in [2.24, 2.45) is 35.5 Å². The fourth-order valence-corrected chi connectivity index (χ4v) is 5.73. The van der Waals surface area contributed by atoms with Crippen LogP contribution in [-0.2, 0) is 0 Å². The highest BCUT2D eigenvalue weighted by molar-refractivity contribution is 4.94. The van der Waals surface area contributed by atoms with Crippen molar-refractivity contribution in [3.05, 3.63) is 0 Å². The highest BCUT2D eigenvalue weighted by Crippen LogP contribution is 2.53. The fourth-order valence-electron chi connectivity index (χ4n) is 5.73. The molecule has 0 bridgehead atoms. The lowest BCUT2D eigenvalue weighted by Gasteiger charge is -2.50. The predicted octanol–water partition coefficient (Wildman–Crippen LogP) is 5.67. The van der Waals surface area contributed by atoms with Gasteiger partial charge in [-0.15, -0.1) is 0 Å². The third kappa shape index (κ3) is 2.37. The van der Waals surface area contributed by atoms with Gasteiger partial charge in [0, 0.05) is 0 Å². The summed E-state index contributed by atoms with van der Waals surface area (Å²) in [4.78, 5) is 0. The van der Waals surface area contributed by atoms with Crippen LogP contribution < -0.4 is 0 Å². The molecule has 0 aliphatic heterocycles. The van der Waals surface area contributed by atoms with Crippen LogP contribution in [0.4, 0.5) is 0 Å². The standard InChI is InChI=1S/C18H32/c1-3-13-5-9-17-15(11-13)7-8-16-12-14(4-2)6-10-18(16)17/h13-18H,3-12H2,1-2H3/t13-,14-,15?,16?,17?,18?/m1/s1. The third-order valence-electron chi connectivity index (χ3n) is 6.91. The van der Waals surface area contributed by atoms with E-state index in [0.29, 0.717) is 0 Å². The molecule has 0 aromatic rings. The molecule has 104 valence electrons. The molecule has 3 aliphatic carbocycles. The van der Waals surface area contributed by atoms with Crippen LogP contribution in [0.1, 0.15) is 78.1 Å². The Morgan fingerprint density at radius 1 is 0.611 bits per heavy atom. The van der Waals surface area contributed by atoms with Crippen molar-refractivity contribution in [3.8, 4) is 0 Å². The first-order chi connectivity index (χ1) is 8.81. The van der Waals surface area contributed by atoms with Crippen LogP contribution in [0.3, 0.4) is 0 Å². The Morgan fingerprint density at radius 2 is 1.06 bits per heavy atom. The number of hydrogen-bond donors (Lipinski definition) is 0. The second kappa shape index (κ2) is 5.55. The molecule has 0 saturated heterocycles. The molecule has 0 heterocycles. The Hall–Kier alpha value is 0. The van der Waals surface area contributed by atoms with Crippen molar-refractivity contribution in [2.75, 3.05) is 0 Å².